The summed E-state index contributed by atoms with van der Waals surface area (Å²) in [5.41, 5.74) is 2.16. The number of nitrogens with zero attached hydrogens (tertiary/aromatic N) is 2. The minimum atomic E-state index is 0.588. The van der Waals surface area contributed by atoms with Crippen molar-refractivity contribution in [1.29, 1.82) is 0 Å². The summed E-state index contributed by atoms with van der Waals surface area (Å²) in [6.07, 6.45) is 4.46. The molecular weight excluding hydrogens is 250 g/mol. The average Bonchev–Trinajstić information content (AvgIpc) is 2.88. The molecule has 2 aromatic rings. The van der Waals surface area contributed by atoms with Crippen LogP contribution in [0.3, 0.4) is 0 Å². The van der Waals surface area contributed by atoms with E-state index in [1.807, 2.05) is 25.1 Å². The van der Waals surface area contributed by atoms with E-state index in [0.29, 0.717) is 5.92 Å². The third kappa shape index (κ3) is 3.02. The van der Waals surface area contributed by atoms with Gasteiger partial charge < -0.3 is 10.1 Å². The lowest BCUT2D eigenvalue weighted by atomic mass is 10.0. The first-order chi connectivity index (χ1) is 9.83. The number of benzene rings is 1. The number of hydrogen-bond donors (Lipinski definition) is 1. The summed E-state index contributed by atoms with van der Waals surface area (Å²) in [6.45, 7) is 4.71. The van der Waals surface area contributed by atoms with Crippen LogP contribution in [0.1, 0.15) is 18.5 Å². The van der Waals surface area contributed by atoms with Gasteiger partial charge in [0.05, 0.1) is 12.3 Å². The third-order valence-electron chi connectivity index (χ3n) is 3.66. The fraction of sp³-hybridized carbons (Fsp3) is 0.438. The number of anilines is 1. The lowest BCUT2D eigenvalue weighted by Gasteiger charge is -2.22. The van der Waals surface area contributed by atoms with E-state index in [9.17, 15) is 0 Å². The summed E-state index contributed by atoms with van der Waals surface area (Å²) >= 11 is 0. The van der Waals surface area contributed by atoms with Gasteiger partial charge in [0, 0.05) is 25.0 Å². The molecule has 4 heteroatoms. The second-order valence-electron chi connectivity index (χ2n) is 5.38. The zero-order valence-electron chi connectivity index (χ0n) is 11.9. The van der Waals surface area contributed by atoms with E-state index in [4.69, 9.17) is 4.74 Å². The Kier molecular flexibility index (Phi) is 4.02. The Morgan fingerprint density at radius 1 is 1.35 bits per heavy atom. The van der Waals surface area contributed by atoms with Crippen molar-refractivity contribution in [2.75, 3.05) is 25.1 Å². The maximum Gasteiger partial charge on any atom is 0.207 e. The monoisotopic (exact) mass is 271 g/mol. The quantitative estimate of drug-likeness (QED) is 0.929. The van der Waals surface area contributed by atoms with Crippen LogP contribution in [0.2, 0.25) is 0 Å². The Morgan fingerprint density at radius 3 is 2.95 bits per heavy atom. The minimum Gasteiger partial charge on any atom is -0.381 e. The third-order valence-corrected chi connectivity index (χ3v) is 3.66. The predicted octanol–water partition coefficient (Wildman–Crippen LogP) is 3.02. The Hall–Kier alpha value is -1.81. The average molecular weight is 271 g/mol. The number of aromatic nitrogens is 2. The van der Waals surface area contributed by atoms with Gasteiger partial charge in [-0.3, -0.25) is 4.57 Å². The molecule has 2 heterocycles. The molecular formula is C16H21N3O. The first-order valence-corrected chi connectivity index (χ1v) is 7.26. The summed E-state index contributed by atoms with van der Waals surface area (Å²) in [7, 11) is 0. The zero-order valence-corrected chi connectivity index (χ0v) is 11.9. The Labute approximate surface area is 119 Å². The summed E-state index contributed by atoms with van der Waals surface area (Å²) in [4.78, 5) is 4.58. The fourth-order valence-corrected chi connectivity index (χ4v) is 2.61. The van der Waals surface area contributed by atoms with Gasteiger partial charge in [-0.25, -0.2) is 4.98 Å². The van der Waals surface area contributed by atoms with E-state index in [0.717, 1.165) is 37.1 Å². The maximum atomic E-state index is 5.52. The number of aryl methyl sites for hydroxylation is 1. The standard InChI is InChI=1S/C16H21N3O/c1-13-11-19(15-7-3-2-4-8-15)16(18-13)17-10-14-6-5-9-20-12-14/h2-4,7-8,11,14H,5-6,9-10,12H2,1H3,(H,17,18). The summed E-state index contributed by atoms with van der Waals surface area (Å²) in [6, 6.07) is 10.3. The Balaban J connectivity index is 1.73. The van der Waals surface area contributed by atoms with Gasteiger partial charge in [0.15, 0.2) is 0 Å². The van der Waals surface area contributed by atoms with Crippen molar-refractivity contribution >= 4 is 5.95 Å². The van der Waals surface area contributed by atoms with Crippen LogP contribution in [0.5, 0.6) is 0 Å². The predicted molar refractivity (Wildman–Crippen MR) is 80.3 cm³/mol. The summed E-state index contributed by atoms with van der Waals surface area (Å²) in [5, 5.41) is 3.47. The van der Waals surface area contributed by atoms with Crippen LogP contribution in [0.25, 0.3) is 5.69 Å². The van der Waals surface area contributed by atoms with Gasteiger partial charge in [-0.15, -0.1) is 0 Å². The molecule has 4 nitrogen and oxygen atoms in total. The SMILES string of the molecule is Cc1cn(-c2ccccc2)c(NCC2CCCOC2)n1. The molecule has 0 spiro atoms. The van der Waals surface area contributed by atoms with E-state index in [1.54, 1.807) is 0 Å². The molecule has 1 saturated heterocycles. The van der Waals surface area contributed by atoms with Crippen molar-refractivity contribution < 1.29 is 4.74 Å². The molecule has 0 saturated carbocycles. The molecule has 1 N–H and O–H groups in total. The van der Waals surface area contributed by atoms with E-state index < -0.39 is 0 Å². The minimum absolute atomic E-state index is 0.588. The first kappa shape index (κ1) is 13.2. The van der Waals surface area contributed by atoms with Gasteiger partial charge in [0.25, 0.3) is 0 Å². The van der Waals surface area contributed by atoms with Gasteiger partial charge in [-0.2, -0.15) is 0 Å². The number of ether oxygens (including phenoxy) is 1. The molecule has 3 rings (SSSR count). The summed E-state index contributed by atoms with van der Waals surface area (Å²) in [5.74, 6) is 1.50. The maximum absolute atomic E-state index is 5.52. The molecule has 0 radical (unpaired) electrons. The normalized spacial score (nSPS) is 18.9. The molecule has 1 aliphatic heterocycles. The number of imidazole rings is 1. The molecule has 106 valence electrons. The Bertz CT molecular complexity index is 544. The van der Waals surface area contributed by atoms with Gasteiger partial charge in [0.2, 0.25) is 5.95 Å². The molecule has 1 unspecified atom stereocenters. The van der Waals surface area contributed by atoms with Crippen LogP contribution < -0.4 is 5.32 Å². The molecule has 0 bridgehead atoms. The zero-order chi connectivity index (χ0) is 13.8. The molecule has 0 aliphatic carbocycles. The van der Waals surface area contributed by atoms with Crippen LogP contribution >= 0.6 is 0 Å². The number of para-hydroxylation sites is 1. The van der Waals surface area contributed by atoms with Crippen molar-refractivity contribution in [1.82, 2.24) is 9.55 Å². The number of nitrogens with one attached hydrogen (secondary N) is 1. The van der Waals surface area contributed by atoms with Gasteiger partial charge >= 0.3 is 0 Å². The molecule has 1 aromatic carbocycles. The highest BCUT2D eigenvalue weighted by Crippen LogP contribution is 2.18. The topological polar surface area (TPSA) is 39.1 Å². The van der Waals surface area contributed by atoms with Crippen LogP contribution in [0.4, 0.5) is 5.95 Å². The van der Waals surface area contributed by atoms with Gasteiger partial charge in [-0.1, -0.05) is 18.2 Å². The van der Waals surface area contributed by atoms with Crippen molar-refractivity contribution in [3.8, 4) is 5.69 Å². The van der Waals surface area contributed by atoms with Crippen molar-refractivity contribution in [3.63, 3.8) is 0 Å². The van der Waals surface area contributed by atoms with Gasteiger partial charge in [0.1, 0.15) is 0 Å². The van der Waals surface area contributed by atoms with Gasteiger partial charge in [-0.05, 0) is 37.8 Å². The van der Waals surface area contributed by atoms with Crippen LogP contribution in [0, 0.1) is 12.8 Å². The molecule has 0 amide bonds. The fourth-order valence-electron chi connectivity index (χ4n) is 2.61. The molecule has 20 heavy (non-hydrogen) atoms. The van der Waals surface area contributed by atoms with E-state index in [2.05, 4.69) is 33.2 Å². The number of rotatable bonds is 4. The smallest absolute Gasteiger partial charge is 0.207 e. The van der Waals surface area contributed by atoms with Crippen LogP contribution in [-0.2, 0) is 4.74 Å². The highest BCUT2D eigenvalue weighted by Gasteiger charge is 2.15. The molecule has 1 aliphatic rings. The van der Waals surface area contributed by atoms with Crippen molar-refractivity contribution in [3.05, 3.63) is 42.2 Å². The van der Waals surface area contributed by atoms with E-state index in [-0.39, 0.29) is 0 Å². The second-order valence-corrected chi connectivity index (χ2v) is 5.38. The number of hydrogen-bond acceptors (Lipinski definition) is 3. The summed E-state index contributed by atoms with van der Waals surface area (Å²) < 4.78 is 7.63. The van der Waals surface area contributed by atoms with Crippen molar-refractivity contribution in [2.24, 2.45) is 5.92 Å². The highest BCUT2D eigenvalue weighted by atomic mass is 16.5. The molecule has 1 atom stereocenters. The molecule has 1 aromatic heterocycles. The second kappa shape index (κ2) is 6.09. The van der Waals surface area contributed by atoms with E-state index in [1.165, 1.54) is 12.8 Å². The first-order valence-electron chi connectivity index (χ1n) is 7.26. The van der Waals surface area contributed by atoms with E-state index >= 15 is 0 Å². The lowest BCUT2D eigenvalue weighted by Crippen LogP contribution is -2.25. The highest BCUT2D eigenvalue weighted by molar-refractivity contribution is 5.42. The van der Waals surface area contributed by atoms with Crippen LogP contribution in [0.15, 0.2) is 36.5 Å². The largest absolute Gasteiger partial charge is 0.381 e. The van der Waals surface area contributed by atoms with Crippen LogP contribution in [-0.4, -0.2) is 29.3 Å². The lowest BCUT2D eigenvalue weighted by molar-refractivity contribution is 0.0594. The van der Waals surface area contributed by atoms with Crippen molar-refractivity contribution in [2.45, 2.75) is 19.8 Å². The Morgan fingerprint density at radius 2 is 2.20 bits per heavy atom. The molecule has 1 fully saturated rings.